The van der Waals surface area contributed by atoms with Gasteiger partial charge in [-0.05, 0) is 29.1 Å². The number of nitrogens with one attached hydrogen (secondary N) is 1. The quantitative estimate of drug-likeness (QED) is 0.424. The highest BCUT2D eigenvalue weighted by molar-refractivity contribution is 7.17. The highest BCUT2D eigenvalue weighted by Gasteiger charge is 2.16. The molecule has 5 rings (SSSR count). The Hall–Kier alpha value is -3.20. The van der Waals surface area contributed by atoms with Crippen LogP contribution < -0.4 is 10.1 Å². The second kappa shape index (κ2) is 10.2. The number of amides is 1. The smallest absolute Gasteiger partial charge is 0.258 e. The van der Waals surface area contributed by atoms with E-state index in [2.05, 4.69) is 57.2 Å². The Labute approximate surface area is 195 Å². The molecule has 0 saturated carbocycles. The average molecular weight is 464 g/mol. The second-order valence-electron chi connectivity index (χ2n) is 7.91. The van der Waals surface area contributed by atoms with Crippen molar-refractivity contribution in [2.45, 2.75) is 13.1 Å². The fourth-order valence-electron chi connectivity index (χ4n) is 3.93. The number of fused-ring (bicyclic) bond motifs is 1. The minimum atomic E-state index is -0.205. The normalized spacial score (nSPS) is 14.4. The van der Waals surface area contributed by atoms with Gasteiger partial charge in [-0.3, -0.25) is 9.69 Å². The third-order valence-corrected chi connectivity index (χ3v) is 6.63. The standard InChI is InChI=1S/C25H25N3O4S/c29-25(26-14-20-7-10-32-27-20)16-31-23-6-5-18(13-19(23)15-28-8-11-30-12-9-28)22-17-33-24-4-2-1-3-21(22)24/h1-7,10,13,17H,8-9,11-12,14-16H2,(H,26,29). The molecule has 1 aliphatic rings. The van der Waals surface area contributed by atoms with Crippen LogP contribution in [-0.2, 0) is 22.6 Å². The number of hydrogen-bond acceptors (Lipinski definition) is 7. The first-order valence-corrected chi connectivity index (χ1v) is 11.8. The first-order chi connectivity index (χ1) is 16.3. The van der Waals surface area contributed by atoms with E-state index in [1.165, 1.54) is 21.9 Å². The van der Waals surface area contributed by atoms with Crippen molar-refractivity contribution in [1.82, 2.24) is 15.4 Å². The third-order valence-electron chi connectivity index (χ3n) is 5.67. The summed E-state index contributed by atoms with van der Waals surface area (Å²) in [6, 6.07) is 16.4. The topological polar surface area (TPSA) is 76.8 Å². The van der Waals surface area contributed by atoms with Crippen molar-refractivity contribution in [1.29, 1.82) is 0 Å². The summed E-state index contributed by atoms with van der Waals surface area (Å²) in [5.41, 5.74) is 4.10. The lowest BCUT2D eigenvalue weighted by molar-refractivity contribution is -0.123. The van der Waals surface area contributed by atoms with Gasteiger partial charge in [0.25, 0.3) is 5.91 Å². The highest BCUT2D eigenvalue weighted by atomic mass is 32.1. The van der Waals surface area contributed by atoms with E-state index in [-0.39, 0.29) is 12.5 Å². The average Bonchev–Trinajstić information content (AvgIpc) is 3.53. The molecule has 0 bridgehead atoms. The fourth-order valence-corrected chi connectivity index (χ4v) is 4.90. The summed E-state index contributed by atoms with van der Waals surface area (Å²) in [7, 11) is 0. The monoisotopic (exact) mass is 463 g/mol. The maximum absolute atomic E-state index is 12.3. The molecule has 2 aromatic heterocycles. The van der Waals surface area contributed by atoms with Gasteiger partial charge in [0.15, 0.2) is 6.61 Å². The van der Waals surface area contributed by atoms with Crippen LogP contribution in [0.4, 0.5) is 0 Å². The lowest BCUT2D eigenvalue weighted by Crippen LogP contribution is -2.35. The maximum atomic E-state index is 12.3. The molecule has 1 fully saturated rings. The number of carbonyl (C=O) groups excluding carboxylic acids is 1. The van der Waals surface area contributed by atoms with Crippen LogP contribution >= 0.6 is 11.3 Å². The first kappa shape index (κ1) is 21.6. The van der Waals surface area contributed by atoms with Crippen LogP contribution in [0.1, 0.15) is 11.3 Å². The molecule has 1 saturated heterocycles. The molecule has 7 nitrogen and oxygen atoms in total. The minimum absolute atomic E-state index is 0.0608. The Morgan fingerprint density at radius 1 is 1.15 bits per heavy atom. The Kier molecular flexibility index (Phi) is 6.66. The van der Waals surface area contributed by atoms with Gasteiger partial charge in [0.1, 0.15) is 17.7 Å². The van der Waals surface area contributed by atoms with E-state index in [0.717, 1.165) is 49.7 Å². The number of carbonyl (C=O) groups is 1. The van der Waals surface area contributed by atoms with Gasteiger partial charge in [0.2, 0.25) is 0 Å². The van der Waals surface area contributed by atoms with Gasteiger partial charge in [-0.1, -0.05) is 29.4 Å². The highest BCUT2D eigenvalue weighted by Crippen LogP contribution is 2.36. The SMILES string of the molecule is O=C(COc1ccc(-c2csc3ccccc23)cc1CN1CCOCC1)NCc1ccon1. The van der Waals surface area contributed by atoms with E-state index in [1.54, 1.807) is 17.4 Å². The van der Waals surface area contributed by atoms with Crippen LogP contribution in [0.5, 0.6) is 5.75 Å². The van der Waals surface area contributed by atoms with Crippen molar-refractivity contribution in [3.8, 4) is 16.9 Å². The van der Waals surface area contributed by atoms with Crippen molar-refractivity contribution in [2.24, 2.45) is 0 Å². The molecule has 0 radical (unpaired) electrons. The molecule has 1 aliphatic heterocycles. The molecule has 1 amide bonds. The van der Waals surface area contributed by atoms with Crippen LogP contribution in [0.15, 0.2) is 64.7 Å². The predicted octanol–water partition coefficient (Wildman–Crippen LogP) is 4.08. The lowest BCUT2D eigenvalue weighted by Gasteiger charge is -2.27. The zero-order chi connectivity index (χ0) is 22.5. The van der Waals surface area contributed by atoms with E-state index in [4.69, 9.17) is 14.0 Å². The molecule has 1 N–H and O–H groups in total. The number of morpholine rings is 1. The van der Waals surface area contributed by atoms with Crippen LogP contribution in [-0.4, -0.2) is 48.9 Å². The number of hydrogen-bond donors (Lipinski definition) is 1. The predicted molar refractivity (Wildman–Crippen MR) is 127 cm³/mol. The van der Waals surface area contributed by atoms with Gasteiger partial charge in [-0.15, -0.1) is 11.3 Å². The summed E-state index contributed by atoms with van der Waals surface area (Å²) in [5.74, 6) is 0.518. The van der Waals surface area contributed by atoms with Crippen LogP contribution in [0.3, 0.4) is 0 Å². The van der Waals surface area contributed by atoms with E-state index in [1.807, 2.05) is 6.07 Å². The van der Waals surface area contributed by atoms with Crippen LogP contribution in [0.2, 0.25) is 0 Å². The summed E-state index contributed by atoms with van der Waals surface area (Å²) >= 11 is 1.75. The summed E-state index contributed by atoms with van der Waals surface area (Å²) in [4.78, 5) is 14.6. The van der Waals surface area contributed by atoms with Gasteiger partial charge in [-0.25, -0.2) is 0 Å². The molecule has 0 unspecified atom stereocenters. The van der Waals surface area contributed by atoms with Gasteiger partial charge in [0, 0.05) is 46.9 Å². The van der Waals surface area contributed by atoms with E-state index >= 15 is 0 Å². The van der Waals surface area contributed by atoms with Gasteiger partial charge >= 0.3 is 0 Å². The number of rotatable bonds is 8. The number of aromatic nitrogens is 1. The van der Waals surface area contributed by atoms with Gasteiger partial charge < -0.3 is 19.3 Å². The summed E-state index contributed by atoms with van der Waals surface area (Å²) in [6.45, 7) is 4.21. The summed E-state index contributed by atoms with van der Waals surface area (Å²) < 4.78 is 17.5. The molecule has 170 valence electrons. The molecule has 4 aromatic rings. The van der Waals surface area contributed by atoms with Crippen molar-refractivity contribution in [2.75, 3.05) is 32.9 Å². The molecule has 33 heavy (non-hydrogen) atoms. The van der Waals surface area contributed by atoms with Crippen LogP contribution in [0.25, 0.3) is 21.2 Å². The van der Waals surface area contributed by atoms with E-state index < -0.39 is 0 Å². The number of benzene rings is 2. The van der Waals surface area contributed by atoms with Gasteiger partial charge in [-0.2, -0.15) is 0 Å². The van der Waals surface area contributed by atoms with Crippen molar-refractivity contribution >= 4 is 27.3 Å². The molecule has 8 heteroatoms. The summed E-state index contributed by atoms with van der Waals surface area (Å²) in [6.07, 6.45) is 1.48. The summed E-state index contributed by atoms with van der Waals surface area (Å²) in [5, 5.41) is 10.0. The van der Waals surface area contributed by atoms with Gasteiger partial charge in [0.05, 0.1) is 19.8 Å². The number of ether oxygens (including phenoxy) is 2. The Balaban J connectivity index is 1.34. The maximum Gasteiger partial charge on any atom is 0.258 e. The Bertz CT molecular complexity index is 1220. The zero-order valence-electron chi connectivity index (χ0n) is 18.2. The van der Waals surface area contributed by atoms with Crippen molar-refractivity contribution < 1.29 is 18.8 Å². The molecular formula is C25H25N3O4S. The third kappa shape index (κ3) is 5.24. The Morgan fingerprint density at radius 3 is 2.88 bits per heavy atom. The second-order valence-corrected chi connectivity index (χ2v) is 8.82. The minimum Gasteiger partial charge on any atom is -0.483 e. The Morgan fingerprint density at radius 2 is 2.03 bits per heavy atom. The van der Waals surface area contributed by atoms with E-state index in [0.29, 0.717) is 12.2 Å². The lowest BCUT2D eigenvalue weighted by atomic mass is 10.0. The molecule has 2 aromatic carbocycles. The molecule has 0 aliphatic carbocycles. The largest absolute Gasteiger partial charge is 0.483 e. The van der Waals surface area contributed by atoms with Crippen molar-refractivity contribution in [3.63, 3.8) is 0 Å². The fraction of sp³-hybridized carbons (Fsp3) is 0.280. The van der Waals surface area contributed by atoms with Crippen LogP contribution in [0, 0.1) is 0 Å². The van der Waals surface area contributed by atoms with E-state index in [9.17, 15) is 4.79 Å². The number of nitrogens with zero attached hydrogens (tertiary/aromatic N) is 2. The van der Waals surface area contributed by atoms with Crippen molar-refractivity contribution in [3.05, 3.63) is 71.4 Å². The molecule has 0 spiro atoms. The number of thiophene rings is 1. The molecule has 3 heterocycles. The molecule has 0 atom stereocenters. The first-order valence-electron chi connectivity index (χ1n) is 10.9. The zero-order valence-corrected chi connectivity index (χ0v) is 19.0. The molecular weight excluding hydrogens is 438 g/mol.